The zero-order chi connectivity index (χ0) is 19.0. The van der Waals surface area contributed by atoms with E-state index in [9.17, 15) is 10.2 Å². The molecule has 0 bridgehead atoms. The zero-order valence-electron chi connectivity index (χ0n) is 16.0. The summed E-state index contributed by atoms with van der Waals surface area (Å²) in [5, 5.41) is 20.7. The second-order valence-electron chi connectivity index (χ2n) is 9.12. The van der Waals surface area contributed by atoms with E-state index in [1.807, 2.05) is 12.1 Å². The summed E-state index contributed by atoms with van der Waals surface area (Å²) in [7, 11) is 0. The van der Waals surface area contributed by atoms with Crippen molar-refractivity contribution in [2.45, 2.75) is 82.4 Å². The highest BCUT2D eigenvalue weighted by Crippen LogP contribution is 2.63. The third-order valence-electron chi connectivity index (χ3n) is 7.85. The summed E-state index contributed by atoms with van der Waals surface area (Å²) in [5.41, 5.74) is 2.00. The lowest BCUT2D eigenvalue weighted by molar-refractivity contribution is -0.0744. The number of alkyl halides is 2. The van der Waals surface area contributed by atoms with Crippen LogP contribution in [-0.2, 0) is 6.42 Å². The Kier molecular flexibility index (Phi) is 5.72. The van der Waals surface area contributed by atoms with Gasteiger partial charge in [0, 0.05) is 17.2 Å². The molecule has 3 aliphatic rings. The van der Waals surface area contributed by atoms with E-state index in [4.69, 9.17) is 11.6 Å². The molecule has 0 heterocycles. The number of halogens is 2. The van der Waals surface area contributed by atoms with Gasteiger partial charge in [0.25, 0.3) is 0 Å². The van der Waals surface area contributed by atoms with Crippen LogP contribution in [0, 0.1) is 17.3 Å². The average Bonchev–Trinajstić information content (AvgIpc) is 2.97. The first-order chi connectivity index (χ1) is 13.1. The number of aromatic hydroxyl groups is 1. The number of benzene rings is 1. The average molecular weight is 395 g/mol. The maximum atomic E-state index is 15.6. The topological polar surface area (TPSA) is 40.5 Å². The van der Waals surface area contributed by atoms with Crippen LogP contribution in [0.4, 0.5) is 4.39 Å². The summed E-state index contributed by atoms with van der Waals surface area (Å²) in [6.07, 6.45) is 8.31. The maximum absolute atomic E-state index is 15.6. The molecule has 3 aliphatic carbocycles. The fourth-order valence-corrected chi connectivity index (χ4v) is 6.90. The van der Waals surface area contributed by atoms with Crippen LogP contribution >= 0.6 is 11.6 Å². The summed E-state index contributed by atoms with van der Waals surface area (Å²) in [6.45, 7) is 0. The third kappa shape index (κ3) is 3.40. The molecule has 0 radical (unpaired) electrons. The van der Waals surface area contributed by atoms with Crippen LogP contribution < -0.4 is 0 Å². The lowest BCUT2D eigenvalue weighted by Gasteiger charge is -2.53. The number of phenolic OH excluding ortho intramolecular Hbond substituents is 1. The molecule has 0 amide bonds. The Morgan fingerprint density at radius 3 is 2.74 bits per heavy atom. The highest BCUT2D eigenvalue weighted by atomic mass is 35.5. The molecule has 0 aromatic heterocycles. The summed E-state index contributed by atoms with van der Waals surface area (Å²) in [5.74, 6) is 1.68. The molecule has 2 fully saturated rings. The van der Waals surface area contributed by atoms with Gasteiger partial charge in [-0.1, -0.05) is 25.3 Å². The second kappa shape index (κ2) is 7.91. The van der Waals surface area contributed by atoms with Crippen LogP contribution in [0.5, 0.6) is 5.75 Å². The molecule has 2 N–H and O–H groups in total. The van der Waals surface area contributed by atoms with E-state index in [1.54, 1.807) is 6.07 Å². The Morgan fingerprint density at radius 1 is 1.11 bits per heavy atom. The van der Waals surface area contributed by atoms with E-state index in [0.717, 1.165) is 68.9 Å². The number of hydrogen-bond donors (Lipinski definition) is 2. The summed E-state index contributed by atoms with van der Waals surface area (Å²) in [6, 6.07) is 5.47. The van der Waals surface area contributed by atoms with Crippen molar-refractivity contribution in [1.29, 1.82) is 0 Å². The number of aliphatic hydroxyl groups excluding tert-OH is 1. The predicted octanol–water partition coefficient (Wildman–Crippen LogP) is 5.73. The summed E-state index contributed by atoms with van der Waals surface area (Å²) >= 11 is 5.78. The van der Waals surface area contributed by atoms with Crippen molar-refractivity contribution < 1.29 is 14.6 Å². The van der Waals surface area contributed by atoms with Crippen LogP contribution in [0.2, 0.25) is 0 Å². The smallest absolute Gasteiger partial charge is 0.115 e. The van der Waals surface area contributed by atoms with E-state index < -0.39 is 6.17 Å². The van der Waals surface area contributed by atoms with Gasteiger partial charge in [-0.3, -0.25) is 0 Å². The first kappa shape index (κ1) is 19.5. The monoisotopic (exact) mass is 394 g/mol. The van der Waals surface area contributed by atoms with Crippen LogP contribution in [0.25, 0.3) is 0 Å². The first-order valence-corrected chi connectivity index (χ1v) is 11.3. The lowest BCUT2D eigenvalue weighted by atomic mass is 9.53. The first-order valence-electron chi connectivity index (χ1n) is 10.8. The zero-order valence-corrected chi connectivity index (χ0v) is 16.8. The molecule has 4 rings (SSSR count). The fourth-order valence-electron chi connectivity index (χ4n) is 6.71. The largest absolute Gasteiger partial charge is 0.508 e. The quantitative estimate of drug-likeness (QED) is 0.478. The van der Waals surface area contributed by atoms with E-state index >= 15 is 4.39 Å². The molecule has 0 spiro atoms. The van der Waals surface area contributed by atoms with Crippen molar-refractivity contribution in [2.24, 2.45) is 17.3 Å². The number of aryl methyl sites for hydroxylation is 1. The Bertz CT molecular complexity index is 666. The SMILES string of the molecule is Oc1ccc2c(c1)CC[C@@H]1[C@@H]2[C@@H](F)C[C@]2(CCCCCCCl)[C@@H](O)CC[C@@H]12. The minimum atomic E-state index is -0.898. The van der Waals surface area contributed by atoms with Gasteiger partial charge in [0.05, 0.1) is 6.10 Å². The molecule has 6 atom stereocenters. The number of hydrogen-bond acceptors (Lipinski definition) is 2. The number of fused-ring (bicyclic) bond motifs is 5. The molecule has 27 heavy (non-hydrogen) atoms. The Balaban J connectivity index is 1.56. The molecular formula is C23H32ClFO2. The normalized spacial score (nSPS) is 37.5. The fraction of sp³-hybridized carbons (Fsp3) is 0.739. The van der Waals surface area contributed by atoms with Gasteiger partial charge in [0.1, 0.15) is 11.9 Å². The van der Waals surface area contributed by atoms with Gasteiger partial charge in [-0.2, -0.15) is 0 Å². The molecule has 2 nitrogen and oxygen atoms in total. The van der Waals surface area contributed by atoms with Crippen molar-refractivity contribution in [3.63, 3.8) is 0 Å². The van der Waals surface area contributed by atoms with E-state index in [0.29, 0.717) is 24.1 Å². The van der Waals surface area contributed by atoms with E-state index in [1.165, 1.54) is 0 Å². The number of unbranched alkanes of at least 4 members (excludes halogenated alkanes) is 3. The van der Waals surface area contributed by atoms with Gasteiger partial charge >= 0.3 is 0 Å². The summed E-state index contributed by atoms with van der Waals surface area (Å²) < 4.78 is 15.6. The standard InChI is InChI=1S/C23H32ClFO2/c24-12-4-2-1-3-11-23-14-20(25)22-17-8-6-16(26)13-15(17)5-7-18(22)19(23)9-10-21(23)27/h6,8,13,18-22,26-27H,1-5,7,9-12,14H2/t18-,19-,20-,21-,22+,23-/m0/s1. The van der Waals surface area contributed by atoms with E-state index in [-0.39, 0.29) is 23.2 Å². The van der Waals surface area contributed by atoms with Crippen LogP contribution in [0.1, 0.15) is 74.8 Å². The molecule has 4 heteroatoms. The molecule has 0 saturated heterocycles. The predicted molar refractivity (Wildman–Crippen MR) is 107 cm³/mol. The third-order valence-corrected chi connectivity index (χ3v) is 8.12. The Hall–Kier alpha value is -0.800. The van der Waals surface area contributed by atoms with Crippen molar-refractivity contribution in [3.05, 3.63) is 29.3 Å². The van der Waals surface area contributed by atoms with Crippen LogP contribution in [0.3, 0.4) is 0 Å². The second-order valence-corrected chi connectivity index (χ2v) is 9.50. The molecule has 0 aliphatic heterocycles. The van der Waals surface area contributed by atoms with Gasteiger partial charge in [-0.05, 0) is 80.0 Å². The highest BCUT2D eigenvalue weighted by Gasteiger charge is 2.59. The summed E-state index contributed by atoms with van der Waals surface area (Å²) in [4.78, 5) is 0. The van der Waals surface area contributed by atoms with Crippen molar-refractivity contribution in [1.82, 2.24) is 0 Å². The Labute approximate surface area is 167 Å². The van der Waals surface area contributed by atoms with Gasteiger partial charge in [-0.15, -0.1) is 11.6 Å². The Morgan fingerprint density at radius 2 is 1.93 bits per heavy atom. The van der Waals surface area contributed by atoms with Crippen LogP contribution in [-0.4, -0.2) is 28.4 Å². The van der Waals surface area contributed by atoms with Crippen LogP contribution in [0.15, 0.2) is 18.2 Å². The highest BCUT2D eigenvalue weighted by molar-refractivity contribution is 6.17. The van der Waals surface area contributed by atoms with Gasteiger partial charge in [0.15, 0.2) is 0 Å². The van der Waals surface area contributed by atoms with Gasteiger partial charge < -0.3 is 10.2 Å². The lowest BCUT2D eigenvalue weighted by Crippen LogP contribution is -2.50. The minimum Gasteiger partial charge on any atom is -0.508 e. The molecule has 1 aromatic rings. The molecule has 1 aromatic carbocycles. The maximum Gasteiger partial charge on any atom is 0.115 e. The molecule has 2 saturated carbocycles. The molecule has 150 valence electrons. The number of rotatable bonds is 6. The number of aliphatic hydroxyl groups is 1. The molecular weight excluding hydrogens is 363 g/mol. The van der Waals surface area contributed by atoms with Gasteiger partial charge in [0.2, 0.25) is 0 Å². The van der Waals surface area contributed by atoms with Crippen molar-refractivity contribution >= 4 is 11.6 Å². The van der Waals surface area contributed by atoms with Crippen molar-refractivity contribution in [3.8, 4) is 5.75 Å². The molecule has 0 unspecified atom stereocenters. The van der Waals surface area contributed by atoms with E-state index in [2.05, 4.69) is 0 Å². The number of phenols is 1. The van der Waals surface area contributed by atoms with Crippen molar-refractivity contribution in [2.75, 3.05) is 5.88 Å². The minimum absolute atomic E-state index is 0.0611. The van der Waals surface area contributed by atoms with Gasteiger partial charge in [-0.25, -0.2) is 4.39 Å².